The van der Waals surface area contributed by atoms with Crippen LogP contribution in [-0.2, 0) is 17.8 Å². The van der Waals surface area contributed by atoms with Gasteiger partial charge in [0.2, 0.25) is 0 Å². The Labute approximate surface area is 175 Å². The normalized spacial score (nSPS) is 14.8. The number of aromatic nitrogens is 5. The highest BCUT2D eigenvalue weighted by Crippen LogP contribution is 2.30. The lowest BCUT2D eigenvalue weighted by Gasteiger charge is -2.26. The van der Waals surface area contributed by atoms with Crippen LogP contribution in [-0.4, -0.2) is 49.9 Å². The number of rotatable bonds is 6. The summed E-state index contributed by atoms with van der Waals surface area (Å²) in [5.74, 6) is -0.261. The van der Waals surface area contributed by atoms with Crippen molar-refractivity contribution in [2.75, 3.05) is 18.5 Å². The van der Waals surface area contributed by atoms with E-state index in [0.29, 0.717) is 18.3 Å². The van der Waals surface area contributed by atoms with Crippen LogP contribution < -0.4 is 10.6 Å². The maximum atomic E-state index is 12.6. The number of aryl methyl sites for hydroxylation is 3. The van der Waals surface area contributed by atoms with Crippen LogP contribution in [0.3, 0.4) is 0 Å². The largest absolute Gasteiger partial charge is 0.381 e. The van der Waals surface area contributed by atoms with Crippen molar-refractivity contribution in [1.29, 1.82) is 0 Å². The van der Waals surface area contributed by atoms with E-state index in [1.54, 1.807) is 6.20 Å². The lowest BCUT2D eigenvalue weighted by atomic mass is 10.0. The number of fused-ring (bicyclic) bond motifs is 1. The first-order valence-corrected chi connectivity index (χ1v) is 10.3. The molecule has 0 bridgehead atoms. The van der Waals surface area contributed by atoms with Crippen LogP contribution in [0.25, 0.3) is 11.0 Å². The van der Waals surface area contributed by atoms with Gasteiger partial charge in [-0.25, -0.2) is 14.6 Å². The molecule has 3 aromatic heterocycles. The molecule has 30 heavy (non-hydrogen) atoms. The molecule has 0 radical (unpaired) electrons. The van der Waals surface area contributed by atoms with Gasteiger partial charge in [-0.15, -0.1) is 0 Å². The molecule has 0 spiro atoms. The topological polar surface area (TPSA) is 107 Å². The molecular formula is C21H27N7O2. The SMILES string of the molecule is CCn1ncc2c(NC3CCOCC3)c(CNC(=O)c3cnc(C)cn3)c(C)nc21. The summed E-state index contributed by atoms with van der Waals surface area (Å²) < 4.78 is 7.39. The second kappa shape index (κ2) is 8.74. The van der Waals surface area contributed by atoms with Crippen LogP contribution in [0.5, 0.6) is 0 Å². The van der Waals surface area contributed by atoms with Crippen molar-refractivity contribution in [1.82, 2.24) is 30.0 Å². The minimum absolute atomic E-state index is 0.261. The number of ether oxygens (including phenoxy) is 1. The number of hydrogen-bond donors (Lipinski definition) is 2. The van der Waals surface area contributed by atoms with Gasteiger partial charge in [-0.2, -0.15) is 5.10 Å². The van der Waals surface area contributed by atoms with Crippen molar-refractivity contribution in [2.45, 2.75) is 52.7 Å². The van der Waals surface area contributed by atoms with Gasteiger partial charge in [0.05, 0.1) is 29.2 Å². The second-order valence-electron chi connectivity index (χ2n) is 7.51. The highest BCUT2D eigenvalue weighted by Gasteiger charge is 2.21. The molecule has 0 atom stereocenters. The minimum atomic E-state index is -0.261. The molecule has 9 nitrogen and oxygen atoms in total. The Hall–Kier alpha value is -3.07. The number of carbonyl (C=O) groups excluding carboxylic acids is 1. The number of nitrogens with one attached hydrogen (secondary N) is 2. The number of carbonyl (C=O) groups is 1. The molecule has 9 heteroatoms. The highest BCUT2D eigenvalue weighted by atomic mass is 16.5. The summed E-state index contributed by atoms with van der Waals surface area (Å²) in [7, 11) is 0. The predicted molar refractivity (Wildman–Crippen MR) is 113 cm³/mol. The fraction of sp³-hybridized carbons (Fsp3) is 0.476. The Morgan fingerprint density at radius 1 is 1.20 bits per heavy atom. The quantitative estimate of drug-likeness (QED) is 0.644. The van der Waals surface area contributed by atoms with Gasteiger partial charge < -0.3 is 15.4 Å². The Morgan fingerprint density at radius 2 is 2.00 bits per heavy atom. The molecule has 4 heterocycles. The first-order valence-electron chi connectivity index (χ1n) is 10.3. The van der Waals surface area contributed by atoms with Crippen LogP contribution in [0.2, 0.25) is 0 Å². The molecule has 1 saturated heterocycles. The zero-order valence-electron chi connectivity index (χ0n) is 17.6. The molecule has 1 aliphatic heterocycles. The summed E-state index contributed by atoms with van der Waals surface area (Å²) in [6.45, 7) is 8.43. The van der Waals surface area contributed by atoms with E-state index in [1.165, 1.54) is 6.20 Å². The minimum Gasteiger partial charge on any atom is -0.381 e. The van der Waals surface area contributed by atoms with E-state index in [2.05, 4.69) is 25.7 Å². The monoisotopic (exact) mass is 409 g/mol. The lowest BCUT2D eigenvalue weighted by molar-refractivity contribution is 0.0904. The van der Waals surface area contributed by atoms with Gasteiger partial charge in [-0.1, -0.05) is 0 Å². The average molecular weight is 409 g/mol. The van der Waals surface area contributed by atoms with Gasteiger partial charge in [0.15, 0.2) is 5.65 Å². The maximum Gasteiger partial charge on any atom is 0.271 e. The van der Waals surface area contributed by atoms with E-state index >= 15 is 0 Å². The van der Waals surface area contributed by atoms with E-state index < -0.39 is 0 Å². The standard InChI is InChI=1S/C21H27N7O2/c1-4-28-20-17(11-25-28)19(27-15-5-7-30-8-6-15)16(14(3)26-20)10-24-21(29)18-12-22-13(2)9-23-18/h9,11-12,15H,4-8,10H2,1-3H3,(H,24,29)(H,26,27). The second-order valence-corrected chi connectivity index (χ2v) is 7.51. The fourth-order valence-corrected chi connectivity index (χ4v) is 3.67. The predicted octanol–water partition coefficient (Wildman–Crippen LogP) is 2.38. The zero-order chi connectivity index (χ0) is 21.1. The molecule has 0 aromatic carbocycles. The van der Waals surface area contributed by atoms with Crippen LogP contribution in [0.1, 0.15) is 47.2 Å². The van der Waals surface area contributed by atoms with Gasteiger partial charge in [0, 0.05) is 49.8 Å². The number of pyridine rings is 1. The lowest BCUT2D eigenvalue weighted by Crippen LogP contribution is -2.30. The van der Waals surface area contributed by atoms with E-state index in [1.807, 2.05) is 31.6 Å². The molecule has 1 aliphatic rings. The Bertz CT molecular complexity index is 1040. The molecule has 0 aliphatic carbocycles. The van der Waals surface area contributed by atoms with Gasteiger partial charge in [-0.3, -0.25) is 9.78 Å². The van der Waals surface area contributed by atoms with Crippen LogP contribution in [0.15, 0.2) is 18.6 Å². The Kier molecular flexibility index (Phi) is 5.89. The van der Waals surface area contributed by atoms with Crippen LogP contribution in [0.4, 0.5) is 5.69 Å². The fourth-order valence-electron chi connectivity index (χ4n) is 3.67. The molecule has 158 valence electrons. The van der Waals surface area contributed by atoms with Crippen molar-refractivity contribution in [3.63, 3.8) is 0 Å². The maximum absolute atomic E-state index is 12.6. The van der Waals surface area contributed by atoms with Crippen molar-refractivity contribution in [3.8, 4) is 0 Å². The molecule has 4 rings (SSSR count). The van der Waals surface area contributed by atoms with Crippen LogP contribution in [0, 0.1) is 13.8 Å². The third kappa shape index (κ3) is 4.11. The highest BCUT2D eigenvalue weighted by molar-refractivity contribution is 5.93. The van der Waals surface area contributed by atoms with Crippen molar-refractivity contribution in [2.24, 2.45) is 0 Å². The molecule has 3 aromatic rings. The molecule has 1 amide bonds. The number of anilines is 1. The average Bonchev–Trinajstić information content (AvgIpc) is 3.17. The molecule has 1 fully saturated rings. The van der Waals surface area contributed by atoms with Crippen molar-refractivity contribution in [3.05, 3.63) is 41.2 Å². The molecule has 2 N–H and O–H groups in total. The van der Waals surface area contributed by atoms with Crippen LogP contribution >= 0.6 is 0 Å². The third-order valence-corrected chi connectivity index (χ3v) is 5.40. The van der Waals surface area contributed by atoms with Gasteiger partial charge >= 0.3 is 0 Å². The number of nitrogens with zero attached hydrogens (tertiary/aromatic N) is 5. The van der Waals surface area contributed by atoms with Gasteiger partial charge in [0.25, 0.3) is 5.91 Å². The van der Waals surface area contributed by atoms with E-state index in [0.717, 1.165) is 66.3 Å². The molecule has 0 unspecified atom stereocenters. The zero-order valence-corrected chi connectivity index (χ0v) is 17.6. The Balaban J connectivity index is 1.64. The summed E-state index contributed by atoms with van der Waals surface area (Å²) in [5.41, 5.74) is 4.72. The van der Waals surface area contributed by atoms with Crippen molar-refractivity contribution >= 4 is 22.6 Å². The van der Waals surface area contributed by atoms with E-state index in [9.17, 15) is 4.79 Å². The first kappa shape index (κ1) is 20.2. The van der Waals surface area contributed by atoms with Gasteiger partial charge in [-0.05, 0) is 33.6 Å². The summed E-state index contributed by atoms with van der Waals surface area (Å²) in [6.07, 6.45) is 6.81. The van der Waals surface area contributed by atoms with Crippen molar-refractivity contribution < 1.29 is 9.53 Å². The summed E-state index contributed by atoms with van der Waals surface area (Å²) >= 11 is 0. The smallest absolute Gasteiger partial charge is 0.271 e. The number of hydrogen-bond acceptors (Lipinski definition) is 7. The van der Waals surface area contributed by atoms with E-state index in [4.69, 9.17) is 9.72 Å². The summed E-state index contributed by atoms with van der Waals surface area (Å²) in [5, 5.41) is 12.1. The van der Waals surface area contributed by atoms with Gasteiger partial charge in [0.1, 0.15) is 5.69 Å². The molecule has 0 saturated carbocycles. The summed E-state index contributed by atoms with van der Waals surface area (Å²) in [6, 6.07) is 0.311. The Morgan fingerprint density at radius 3 is 2.70 bits per heavy atom. The molecular weight excluding hydrogens is 382 g/mol. The number of amides is 1. The third-order valence-electron chi connectivity index (χ3n) is 5.40. The van der Waals surface area contributed by atoms with E-state index in [-0.39, 0.29) is 5.91 Å². The summed E-state index contributed by atoms with van der Waals surface area (Å²) in [4.78, 5) is 25.7. The first-order chi connectivity index (χ1) is 14.6.